The van der Waals surface area contributed by atoms with Gasteiger partial charge < -0.3 is 9.63 Å². The Balaban J connectivity index is 4.29. The van der Waals surface area contributed by atoms with Crippen molar-refractivity contribution in [1.29, 1.82) is 0 Å². The molecule has 0 radical (unpaired) electrons. The predicted molar refractivity (Wildman–Crippen MR) is 76.0 cm³/mol. The summed E-state index contributed by atoms with van der Waals surface area (Å²) in [4.78, 5) is 20.6. The molecule has 0 bridgehead atoms. The van der Waals surface area contributed by atoms with Crippen molar-refractivity contribution in [1.82, 2.24) is 0 Å². The second kappa shape index (κ2) is 10.1. The summed E-state index contributed by atoms with van der Waals surface area (Å²) in [6.45, 7) is 8.51. The van der Waals surface area contributed by atoms with Gasteiger partial charge in [-0.2, -0.15) is 0 Å². The Morgan fingerprint density at radius 1 is 1.35 bits per heavy atom. The second-order valence-electron chi connectivity index (χ2n) is 4.41. The summed E-state index contributed by atoms with van der Waals surface area (Å²) >= 11 is 0. The van der Waals surface area contributed by atoms with Crippen LogP contribution in [-0.4, -0.2) is 23.3 Å². The molecule has 0 rings (SSSR count). The van der Waals surface area contributed by atoms with Gasteiger partial charge in [-0.25, -0.2) is 13.9 Å². The van der Waals surface area contributed by atoms with Gasteiger partial charge in [0.2, 0.25) is 6.29 Å². The lowest BCUT2D eigenvalue weighted by Gasteiger charge is -2.21. The molecule has 3 unspecified atom stereocenters. The van der Waals surface area contributed by atoms with Gasteiger partial charge in [-0.15, -0.1) is 0 Å². The Kier molecular flexibility index (Phi) is 9.76. The summed E-state index contributed by atoms with van der Waals surface area (Å²) in [5.41, 5.74) is 0. The minimum Gasteiger partial charge on any atom is -0.432 e. The number of hydrogen-bond donors (Lipinski definition) is 1. The van der Waals surface area contributed by atoms with E-state index in [9.17, 15) is 14.3 Å². The largest absolute Gasteiger partial charge is 0.475 e. The van der Waals surface area contributed by atoms with Crippen molar-refractivity contribution >= 4 is 13.8 Å². The third-order valence-corrected chi connectivity index (χ3v) is 3.73. The molecule has 118 valence electrons. The predicted octanol–water partition coefficient (Wildman–Crippen LogP) is 3.55. The molecule has 0 saturated heterocycles. The van der Waals surface area contributed by atoms with Crippen LogP contribution in [0, 0.1) is 0 Å². The third-order valence-electron chi connectivity index (χ3n) is 2.60. The molecule has 0 amide bonds. The molecule has 0 spiro atoms. The quantitative estimate of drug-likeness (QED) is 0.207. The molecule has 0 aromatic carbocycles. The number of phosphoric acid groups is 1. The Hall–Kier alpha value is -0.680. The second-order valence-corrected chi connectivity index (χ2v) is 5.77. The van der Waals surface area contributed by atoms with Crippen LogP contribution in [-0.2, 0) is 23.1 Å². The van der Waals surface area contributed by atoms with Crippen LogP contribution in [0.15, 0.2) is 12.7 Å². The molecule has 0 aliphatic heterocycles. The summed E-state index contributed by atoms with van der Waals surface area (Å²) in [6.07, 6.45) is 3.77. The van der Waals surface area contributed by atoms with Gasteiger partial charge in [-0.05, 0) is 19.8 Å². The highest BCUT2D eigenvalue weighted by Crippen LogP contribution is 2.47. The lowest BCUT2D eigenvalue weighted by Crippen LogP contribution is -2.18. The topological polar surface area (TPSA) is 82.1 Å². The summed E-state index contributed by atoms with van der Waals surface area (Å²) < 4.78 is 26.3. The molecule has 0 aromatic heterocycles. The Morgan fingerprint density at radius 2 is 2.00 bits per heavy atom. The molecular weight excluding hydrogens is 283 g/mol. The first-order chi connectivity index (χ1) is 9.34. The van der Waals surface area contributed by atoms with Crippen molar-refractivity contribution in [3.05, 3.63) is 12.7 Å². The van der Waals surface area contributed by atoms with E-state index in [2.05, 4.69) is 18.2 Å². The molecule has 7 heteroatoms. The zero-order valence-electron chi connectivity index (χ0n) is 12.4. The first-order valence-electron chi connectivity index (χ1n) is 6.87. The fourth-order valence-corrected chi connectivity index (χ4v) is 2.69. The normalized spacial score (nSPS) is 17.0. The van der Waals surface area contributed by atoms with Crippen LogP contribution in [0.25, 0.3) is 0 Å². The van der Waals surface area contributed by atoms with Gasteiger partial charge in [-0.1, -0.05) is 39.7 Å². The zero-order chi connectivity index (χ0) is 15.6. The van der Waals surface area contributed by atoms with E-state index >= 15 is 0 Å². The SMILES string of the molecule is C=CC(=O)OC(C)OP(=O)(O)OC(CC)CCCCC. The van der Waals surface area contributed by atoms with E-state index in [1.54, 1.807) is 0 Å². The van der Waals surface area contributed by atoms with E-state index in [4.69, 9.17) is 9.05 Å². The summed E-state index contributed by atoms with van der Waals surface area (Å²) in [5.74, 6) is -0.729. The number of rotatable bonds is 11. The molecule has 0 heterocycles. The highest BCUT2D eigenvalue weighted by molar-refractivity contribution is 7.47. The molecule has 0 fully saturated rings. The number of esters is 1. The fourth-order valence-electron chi connectivity index (χ4n) is 1.59. The van der Waals surface area contributed by atoms with Gasteiger partial charge >= 0.3 is 13.8 Å². The number of ether oxygens (including phenoxy) is 1. The van der Waals surface area contributed by atoms with Crippen LogP contribution in [0.2, 0.25) is 0 Å². The van der Waals surface area contributed by atoms with Crippen LogP contribution in [0.1, 0.15) is 52.9 Å². The minimum atomic E-state index is -4.25. The van der Waals surface area contributed by atoms with E-state index in [1.165, 1.54) is 6.92 Å². The van der Waals surface area contributed by atoms with Crippen molar-refractivity contribution in [2.45, 2.75) is 65.3 Å². The van der Waals surface area contributed by atoms with E-state index in [0.29, 0.717) is 12.8 Å². The minimum absolute atomic E-state index is 0.348. The standard InChI is InChI=1S/C13H25O6P/c1-5-8-9-10-12(6-2)19-20(15,16)18-11(4)17-13(14)7-3/h7,11-12H,3,5-6,8-10H2,1-2,4H3,(H,15,16). The van der Waals surface area contributed by atoms with E-state index in [1.807, 2.05) is 6.92 Å². The molecule has 0 aliphatic carbocycles. The Labute approximate surface area is 120 Å². The summed E-state index contributed by atoms with van der Waals surface area (Å²) in [6, 6.07) is 0. The van der Waals surface area contributed by atoms with E-state index in [0.717, 1.165) is 25.3 Å². The van der Waals surface area contributed by atoms with Crippen LogP contribution in [0.5, 0.6) is 0 Å². The zero-order valence-corrected chi connectivity index (χ0v) is 13.3. The highest BCUT2D eigenvalue weighted by atomic mass is 31.2. The molecule has 6 nitrogen and oxygen atoms in total. The van der Waals surface area contributed by atoms with Gasteiger partial charge in [0.05, 0.1) is 6.10 Å². The monoisotopic (exact) mass is 308 g/mol. The summed E-state index contributed by atoms with van der Waals surface area (Å²) in [5, 5.41) is 0. The van der Waals surface area contributed by atoms with Crippen LogP contribution < -0.4 is 0 Å². The molecule has 3 atom stereocenters. The van der Waals surface area contributed by atoms with Crippen molar-refractivity contribution in [2.24, 2.45) is 0 Å². The first-order valence-corrected chi connectivity index (χ1v) is 8.36. The average Bonchev–Trinajstić information content (AvgIpc) is 2.36. The molecule has 1 N–H and O–H groups in total. The van der Waals surface area contributed by atoms with Crippen molar-refractivity contribution in [2.75, 3.05) is 0 Å². The molecule has 0 saturated carbocycles. The first kappa shape index (κ1) is 19.3. The Morgan fingerprint density at radius 3 is 2.50 bits per heavy atom. The van der Waals surface area contributed by atoms with E-state index < -0.39 is 20.1 Å². The maximum Gasteiger partial charge on any atom is 0.475 e. The van der Waals surface area contributed by atoms with Gasteiger partial charge in [0.1, 0.15) is 0 Å². The van der Waals surface area contributed by atoms with Crippen LogP contribution >= 0.6 is 7.82 Å². The highest BCUT2D eigenvalue weighted by Gasteiger charge is 2.29. The summed E-state index contributed by atoms with van der Waals surface area (Å²) in [7, 11) is -4.25. The molecular formula is C13H25O6P. The Bertz CT molecular complexity index is 344. The van der Waals surface area contributed by atoms with Crippen LogP contribution in [0.4, 0.5) is 0 Å². The number of phosphoric ester groups is 1. The molecule has 0 aliphatic rings. The van der Waals surface area contributed by atoms with Gasteiger partial charge in [0.25, 0.3) is 0 Å². The maximum absolute atomic E-state index is 11.8. The maximum atomic E-state index is 11.8. The number of carbonyl (C=O) groups is 1. The van der Waals surface area contributed by atoms with Crippen molar-refractivity contribution < 1.29 is 28.0 Å². The van der Waals surface area contributed by atoms with Gasteiger partial charge in [0, 0.05) is 6.08 Å². The smallest absolute Gasteiger partial charge is 0.432 e. The van der Waals surface area contributed by atoms with Crippen molar-refractivity contribution in [3.8, 4) is 0 Å². The molecule has 20 heavy (non-hydrogen) atoms. The fraction of sp³-hybridized carbons (Fsp3) is 0.769. The number of carbonyl (C=O) groups excluding carboxylic acids is 1. The number of hydrogen-bond acceptors (Lipinski definition) is 5. The van der Waals surface area contributed by atoms with Crippen LogP contribution in [0.3, 0.4) is 0 Å². The van der Waals surface area contributed by atoms with Gasteiger partial charge in [0.15, 0.2) is 0 Å². The lowest BCUT2D eigenvalue weighted by molar-refractivity contribution is -0.157. The number of unbranched alkanes of at least 4 members (excludes halogenated alkanes) is 2. The van der Waals surface area contributed by atoms with Crippen molar-refractivity contribution in [3.63, 3.8) is 0 Å². The van der Waals surface area contributed by atoms with Gasteiger partial charge in [-0.3, -0.25) is 4.52 Å². The third kappa shape index (κ3) is 9.26. The lowest BCUT2D eigenvalue weighted by atomic mass is 10.1. The molecule has 0 aromatic rings. The average molecular weight is 308 g/mol. The van der Waals surface area contributed by atoms with E-state index in [-0.39, 0.29) is 6.10 Å².